The summed E-state index contributed by atoms with van der Waals surface area (Å²) in [6.45, 7) is 2.82. The van der Waals surface area contributed by atoms with Gasteiger partial charge in [-0.25, -0.2) is 0 Å². The Morgan fingerprint density at radius 3 is 2.33 bits per heavy atom. The largest absolute Gasteiger partial charge is 0.465 e. The van der Waals surface area contributed by atoms with Crippen molar-refractivity contribution in [2.75, 3.05) is 6.61 Å². The lowest BCUT2D eigenvalue weighted by molar-refractivity contribution is -0.152. The fourth-order valence-electron chi connectivity index (χ4n) is 2.74. The van der Waals surface area contributed by atoms with Gasteiger partial charge in [0.05, 0.1) is 24.3 Å². The first-order valence-corrected chi connectivity index (χ1v) is 8.32. The van der Waals surface area contributed by atoms with Crippen LogP contribution in [-0.4, -0.2) is 18.4 Å². The lowest BCUT2D eigenvalue weighted by Crippen LogP contribution is -2.36. The van der Waals surface area contributed by atoms with E-state index in [1.54, 1.807) is 37.3 Å². The number of Topliss-reactive ketones (excluding diaryl/α,β-unsaturated/α-hetero) is 1. The zero-order chi connectivity index (χ0) is 20.6. The van der Waals surface area contributed by atoms with Crippen molar-refractivity contribution >= 4 is 23.4 Å². The minimum Gasteiger partial charge on any atom is -0.465 e. The second-order valence-corrected chi connectivity index (χ2v) is 6.02. The van der Waals surface area contributed by atoms with Crippen molar-refractivity contribution in [2.45, 2.75) is 19.8 Å². The fraction of sp³-hybridized carbons (Fsp3) is 0.316. The number of carbonyl (C=O) groups excluding carboxylic acids is 2. The van der Waals surface area contributed by atoms with Crippen LogP contribution in [0.25, 0.3) is 0 Å². The third kappa shape index (κ3) is 5.07. The normalized spacial score (nSPS) is 13.0. The van der Waals surface area contributed by atoms with Gasteiger partial charge < -0.3 is 10.5 Å². The molecule has 0 fully saturated rings. The second kappa shape index (κ2) is 9.97. The highest BCUT2D eigenvalue weighted by atomic mass is 35.5. The predicted octanol–water partition coefficient (Wildman–Crippen LogP) is 2.59. The monoisotopic (exact) mass is 384 g/mol. The summed E-state index contributed by atoms with van der Waals surface area (Å²) in [6.07, 6.45) is 0. The molecule has 0 radical (unpaired) electrons. The number of benzene rings is 1. The maximum absolute atomic E-state index is 12.5. The quantitative estimate of drug-likeness (QED) is 0.432. The van der Waals surface area contributed by atoms with Gasteiger partial charge in [0.15, 0.2) is 0 Å². The maximum Gasteiger partial charge on any atom is 0.317 e. The molecule has 0 heterocycles. The zero-order valence-electron chi connectivity index (χ0n) is 14.8. The van der Waals surface area contributed by atoms with E-state index in [1.165, 1.54) is 13.0 Å². The Morgan fingerprint density at radius 1 is 1.26 bits per heavy atom. The summed E-state index contributed by atoms with van der Waals surface area (Å²) < 4.78 is 5.00. The Labute approximate surface area is 162 Å². The van der Waals surface area contributed by atoms with E-state index in [0.717, 1.165) is 0 Å². The molecule has 0 aliphatic rings. The fourth-order valence-corrected chi connectivity index (χ4v) is 2.94. The summed E-state index contributed by atoms with van der Waals surface area (Å²) in [5.41, 5.74) is 5.51. The van der Waals surface area contributed by atoms with Crippen LogP contribution >= 0.6 is 11.6 Å². The van der Waals surface area contributed by atoms with E-state index in [0.29, 0.717) is 10.6 Å². The zero-order valence-corrected chi connectivity index (χ0v) is 15.5. The number of hydrogen-bond donors (Lipinski definition) is 1. The molecule has 2 N–H and O–H groups in total. The molecular formula is C19H17ClN4O3. The van der Waals surface area contributed by atoms with Crippen molar-refractivity contribution in [3.05, 3.63) is 46.1 Å². The number of carbonyl (C=O) groups is 2. The molecule has 8 heteroatoms. The summed E-state index contributed by atoms with van der Waals surface area (Å²) in [4.78, 5) is 24.7. The summed E-state index contributed by atoms with van der Waals surface area (Å²) in [7, 11) is 0. The molecule has 0 amide bonds. The van der Waals surface area contributed by atoms with Crippen molar-refractivity contribution < 1.29 is 14.3 Å². The molecule has 0 saturated heterocycles. The molecule has 0 unspecified atom stereocenters. The molecule has 1 rings (SSSR count). The molecule has 0 spiro atoms. The molecule has 0 saturated carbocycles. The van der Waals surface area contributed by atoms with Crippen molar-refractivity contribution in [2.24, 2.45) is 17.6 Å². The molecule has 138 valence electrons. The highest BCUT2D eigenvalue weighted by Gasteiger charge is 2.41. The first-order chi connectivity index (χ1) is 12.8. The third-order valence-corrected chi connectivity index (χ3v) is 4.15. The number of nitriles is 3. The molecule has 0 aromatic heterocycles. The van der Waals surface area contributed by atoms with E-state index in [9.17, 15) is 14.9 Å². The van der Waals surface area contributed by atoms with E-state index in [2.05, 4.69) is 0 Å². The number of rotatable bonds is 7. The summed E-state index contributed by atoms with van der Waals surface area (Å²) >= 11 is 6.03. The second-order valence-electron chi connectivity index (χ2n) is 5.58. The number of allylic oxidation sites excluding steroid dienone is 2. The molecule has 0 aliphatic heterocycles. The number of halogens is 1. The Balaban J connectivity index is 3.73. The molecule has 0 aliphatic carbocycles. The molecular weight excluding hydrogens is 368 g/mol. The van der Waals surface area contributed by atoms with E-state index in [4.69, 9.17) is 32.6 Å². The lowest BCUT2D eigenvalue weighted by atomic mass is 9.74. The van der Waals surface area contributed by atoms with Crippen LogP contribution in [0.2, 0.25) is 5.02 Å². The smallest absolute Gasteiger partial charge is 0.317 e. The molecule has 1 aromatic rings. The number of esters is 1. The van der Waals surface area contributed by atoms with Gasteiger partial charge in [0.2, 0.25) is 0 Å². The van der Waals surface area contributed by atoms with Crippen LogP contribution in [0.15, 0.2) is 35.5 Å². The van der Waals surface area contributed by atoms with Crippen molar-refractivity contribution in [3.63, 3.8) is 0 Å². The molecule has 1 aromatic carbocycles. The number of hydrogen-bond acceptors (Lipinski definition) is 7. The van der Waals surface area contributed by atoms with E-state index in [-0.39, 0.29) is 12.3 Å². The molecule has 3 atom stereocenters. The number of nitrogens with zero attached hydrogens (tertiary/aromatic N) is 3. The van der Waals surface area contributed by atoms with Crippen molar-refractivity contribution in [3.8, 4) is 18.2 Å². The van der Waals surface area contributed by atoms with Crippen LogP contribution in [0, 0.1) is 45.8 Å². The topological polar surface area (TPSA) is 141 Å². The predicted molar refractivity (Wildman–Crippen MR) is 96.5 cm³/mol. The van der Waals surface area contributed by atoms with Crippen LogP contribution in [-0.2, 0) is 14.3 Å². The molecule has 7 nitrogen and oxygen atoms in total. The van der Waals surface area contributed by atoms with Gasteiger partial charge in [0.25, 0.3) is 0 Å². The van der Waals surface area contributed by atoms with Crippen molar-refractivity contribution in [1.82, 2.24) is 0 Å². The van der Waals surface area contributed by atoms with Gasteiger partial charge in [-0.2, -0.15) is 15.8 Å². The van der Waals surface area contributed by atoms with Crippen molar-refractivity contribution in [1.29, 1.82) is 15.8 Å². The first kappa shape index (κ1) is 21.7. The Bertz CT molecular complexity index is 873. The summed E-state index contributed by atoms with van der Waals surface area (Å²) in [6, 6.07) is 11.4. The SMILES string of the molecule is CCOC(=O)[C@H](C(C)=O)[C@H](c1cccc(Cl)c1)[C@H](C#N)C(N)=C(C#N)C#N. The van der Waals surface area contributed by atoms with Crippen LogP contribution in [0.3, 0.4) is 0 Å². The van der Waals surface area contributed by atoms with Crippen LogP contribution in [0.1, 0.15) is 25.3 Å². The average Bonchev–Trinajstić information content (AvgIpc) is 2.62. The van der Waals surface area contributed by atoms with Crippen LogP contribution < -0.4 is 5.73 Å². The van der Waals surface area contributed by atoms with Gasteiger partial charge in [0.1, 0.15) is 29.4 Å². The number of nitrogens with two attached hydrogens (primary N) is 1. The van der Waals surface area contributed by atoms with Gasteiger partial charge >= 0.3 is 5.97 Å². The van der Waals surface area contributed by atoms with E-state index >= 15 is 0 Å². The summed E-state index contributed by atoms with van der Waals surface area (Å²) in [5, 5.41) is 28.2. The summed E-state index contributed by atoms with van der Waals surface area (Å²) in [5.74, 6) is -5.09. The third-order valence-electron chi connectivity index (χ3n) is 3.92. The van der Waals surface area contributed by atoms with Crippen LogP contribution in [0.4, 0.5) is 0 Å². The lowest BCUT2D eigenvalue weighted by Gasteiger charge is -2.28. The van der Waals surface area contributed by atoms with Gasteiger partial charge in [0, 0.05) is 10.9 Å². The number of ether oxygens (including phenoxy) is 1. The Morgan fingerprint density at radius 2 is 1.89 bits per heavy atom. The molecule has 27 heavy (non-hydrogen) atoms. The minimum atomic E-state index is -1.36. The van der Waals surface area contributed by atoms with E-state index < -0.39 is 35.1 Å². The highest BCUT2D eigenvalue weighted by Crippen LogP contribution is 2.38. The highest BCUT2D eigenvalue weighted by molar-refractivity contribution is 6.30. The van der Waals surface area contributed by atoms with Gasteiger partial charge in [-0.3, -0.25) is 9.59 Å². The average molecular weight is 385 g/mol. The van der Waals surface area contributed by atoms with Crippen LogP contribution in [0.5, 0.6) is 0 Å². The van der Waals surface area contributed by atoms with E-state index in [1.807, 2.05) is 6.07 Å². The van der Waals surface area contributed by atoms with Gasteiger partial charge in [-0.1, -0.05) is 23.7 Å². The number of ketones is 1. The van der Waals surface area contributed by atoms with Gasteiger partial charge in [-0.05, 0) is 31.5 Å². The Hall–Kier alpha value is -3.34. The Kier molecular flexibility index (Phi) is 8.01. The minimum absolute atomic E-state index is 0.0368. The molecule has 0 bridgehead atoms. The first-order valence-electron chi connectivity index (χ1n) is 7.94. The standard InChI is InChI=1S/C19H17ClN4O3/c1-3-27-19(26)16(11(2)25)17(12-5-4-6-14(20)7-12)15(10-23)18(24)13(8-21)9-22/h4-7,15-17H,3,24H2,1-2H3/t15-,16+,17+/m0/s1. The maximum atomic E-state index is 12.5. The van der Waals surface area contributed by atoms with Gasteiger partial charge in [-0.15, -0.1) is 0 Å².